The fourth-order valence-electron chi connectivity index (χ4n) is 1.72. The summed E-state index contributed by atoms with van der Waals surface area (Å²) in [6.07, 6.45) is 3.09. The molecule has 0 fully saturated rings. The number of aryl methyl sites for hydroxylation is 1. The van der Waals surface area contributed by atoms with Crippen LogP contribution in [0.15, 0.2) is 28.9 Å². The lowest BCUT2D eigenvalue weighted by molar-refractivity contribution is 0.662. The van der Waals surface area contributed by atoms with Crippen LogP contribution < -0.4 is 5.32 Å². The first kappa shape index (κ1) is 13.2. The van der Waals surface area contributed by atoms with Crippen LogP contribution in [0.5, 0.6) is 0 Å². The van der Waals surface area contributed by atoms with Crippen molar-refractivity contribution in [3.05, 3.63) is 40.1 Å². The highest BCUT2D eigenvalue weighted by Crippen LogP contribution is 2.19. The third kappa shape index (κ3) is 3.17. The molecule has 1 aromatic heterocycles. The van der Waals surface area contributed by atoms with Gasteiger partial charge in [-0.05, 0) is 37.6 Å². The molecule has 1 heterocycles. The van der Waals surface area contributed by atoms with E-state index in [1.165, 1.54) is 5.56 Å². The van der Waals surface area contributed by atoms with Crippen LogP contribution in [-0.2, 0) is 6.54 Å². The second-order valence-corrected chi connectivity index (χ2v) is 5.18. The van der Waals surface area contributed by atoms with E-state index >= 15 is 0 Å². The molecule has 18 heavy (non-hydrogen) atoms. The van der Waals surface area contributed by atoms with Crippen molar-refractivity contribution in [3.8, 4) is 5.69 Å². The molecule has 0 saturated heterocycles. The minimum absolute atomic E-state index is 0.765. The lowest BCUT2D eigenvalue weighted by Gasteiger charge is -2.04. The predicted octanol–water partition coefficient (Wildman–Crippen LogP) is 2.84. The Morgan fingerprint density at radius 3 is 3.00 bits per heavy atom. The van der Waals surface area contributed by atoms with Crippen molar-refractivity contribution in [2.75, 3.05) is 6.54 Å². The molecule has 0 spiro atoms. The molecule has 0 unspecified atom stereocenters. The quantitative estimate of drug-likeness (QED) is 0.864. The minimum atomic E-state index is 0.765. The average Bonchev–Trinajstić information content (AvgIpc) is 2.81. The number of nitrogens with one attached hydrogen (secondary N) is 1. The molecule has 0 atom stereocenters. The second-order valence-electron chi connectivity index (χ2n) is 4.26. The summed E-state index contributed by atoms with van der Waals surface area (Å²) in [5, 5.41) is 11.7. The van der Waals surface area contributed by atoms with E-state index in [1.54, 1.807) is 0 Å². The van der Waals surface area contributed by atoms with E-state index in [0.717, 1.165) is 35.4 Å². The van der Waals surface area contributed by atoms with Gasteiger partial charge < -0.3 is 5.32 Å². The molecular formula is C13H17BrN4. The Kier molecular flexibility index (Phi) is 4.49. The van der Waals surface area contributed by atoms with Crippen molar-refractivity contribution in [3.63, 3.8) is 0 Å². The standard InChI is InChI=1S/C13H17BrN4/c1-3-6-15-8-12-9-18(17-16-12)13-7-11(14)5-4-10(13)2/h4-5,7,9,15H,3,6,8H2,1-2H3. The second kappa shape index (κ2) is 6.11. The summed E-state index contributed by atoms with van der Waals surface area (Å²) in [4.78, 5) is 0. The van der Waals surface area contributed by atoms with Gasteiger partial charge in [-0.2, -0.15) is 0 Å². The molecule has 0 saturated carbocycles. The molecule has 0 radical (unpaired) electrons. The van der Waals surface area contributed by atoms with Gasteiger partial charge in [-0.25, -0.2) is 4.68 Å². The predicted molar refractivity (Wildman–Crippen MR) is 75.8 cm³/mol. The summed E-state index contributed by atoms with van der Waals surface area (Å²) >= 11 is 3.48. The third-order valence-electron chi connectivity index (χ3n) is 2.69. The Balaban J connectivity index is 2.16. The average molecular weight is 309 g/mol. The summed E-state index contributed by atoms with van der Waals surface area (Å²) in [7, 11) is 0. The summed E-state index contributed by atoms with van der Waals surface area (Å²) in [6.45, 7) is 5.98. The first-order valence-electron chi connectivity index (χ1n) is 6.09. The monoisotopic (exact) mass is 308 g/mol. The van der Waals surface area contributed by atoms with Crippen LogP contribution in [0.3, 0.4) is 0 Å². The number of halogens is 1. The fourth-order valence-corrected chi connectivity index (χ4v) is 2.07. The molecule has 2 rings (SSSR count). The first-order chi connectivity index (χ1) is 8.70. The molecule has 4 nitrogen and oxygen atoms in total. The van der Waals surface area contributed by atoms with E-state index in [9.17, 15) is 0 Å². The molecule has 2 aromatic rings. The summed E-state index contributed by atoms with van der Waals surface area (Å²) in [5.41, 5.74) is 3.19. The Hall–Kier alpha value is -1.20. The van der Waals surface area contributed by atoms with Gasteiger partial charge >= 0.3 is 0 Å². The van der Waals surface area contributed by atoms with Crippen LogP contribution >= 0.6 is 15.9 Å². The highest BCUT2D eigenvalue weighted by Gasteiger charge is 2.05. The molecule has 1 N–H and O–H groups in total. The van der Waals surface area contributed by atoms with Crippen molar-refractivity contribution in [2.24, 2.45) is 0 Å². The maximum Gasteiger partial charge on any atom is 0.0969 e. The van der Waals surface area contributed by atoms with Gasteiger partial charge in [-0.15, -0.1) is 5.10 Å². The van der Waals surface area contributed by atoms with Gasteiger partial charge in [-0.1, -0.05) is 34.1 Å². The van der Waals surface area contributed by atoms with E-state index in [-0.39, 0.29) is 0 Å². The van der Waals surface area contributed by atoms with Crippen LogP contribution in [0.4, 0.5) is 0 Å². The zero-order valence-corrected chi connectivity index (χ0v) is 12.2. The summed E-state index contributed by atoms with van der Waals surface area (Å²) in [6, 6.07) is 6.14. The fraction of sp³-hybridized carbons (Fsp3) is 0.385. The van der Waals surface area contributed by atoms with E-state index in [2.05, 4.69) is 51.5 Å². The third-order valence-corrected chi connectivity index (χ3v) is 3.18. The number of rotatable bonds is 5. The van der Waals surface area contributed by atoms with Crippen molar-refractivity contribution in [1.29, 1.82) is 0 Å². The summed E-state index contributed by atoms with van der Waals surface area (Å²) in [5.74, 6) is 0. The van der Waals surface area contributed by atoms with Gasteiger partial charge in [0.25, 0.3) is 0 Å². The molecule has 0 aliphatic carbocycles. The van der Waals surface area contributed by atoms with Gasteiger partial charge in [0, 0.05) is 11.0 Å². The Bertz CT molecular complexity index is 521. The lowest BCUT2D eigenvalue weighted by atomic mass is 10.2. The van der Waals surface area contributed by atoms with Crippen molar-refractivity contribution in [2.45, 2.75) is 26.8 Å². The highest BCUT2D eigenvalue weighted by molar-refractivity contribution is 9.10. The number of hydrogen-bond donors (Lipinski definition) is 1. The Labute approximate surface area is 116 Å². The van der Waals surface area contributed by atoms with Crippen LogP contribution in [0.2, 0.25) is 0 Å². The van der Waals surface area contributed by atoms with E-state index < -0.39 is 0 Å². The number of hydrogen-bond acceptors (Lipinski definition) is 3. The van der Waals surface area contributed by atoms with Crippen molar-refractivity contribution >= 4 is 15.9 Å². The van der Waals surface area contributed by atoms with Gasteiger partial charge in [0.1, 0.15) is 0 Å². The van der Waals surface area contributed by atoms with E-state index in [4.69, 9.17) is 0 Å². The topological polar surface area (TPSA) is 42.7 Å². The van der Waals surface area contributed by atoms with Crippen LogP contribution in [0, 0.1) is 6.92 Å². The molecular weight excluding hydrogens is 292 g/mol. The zero-order valence-electron chi connectivity index (χ0n) is 10.7. The smallest absolute Gasteiger partial charge is 0.0969 e. The lowest BCUT2D eigenvalue weighted by Crippen LogP contribution is -2.13. The minimum Gasteiger partial charge on any atom is -0.311 e. The van der Waals surface area contributed by atoms with Gasteiger partial charge in [-0.3, -0.25) is 0 Å². The van der Waals surface area contributed by atoms with Gasteiger partial charge in [0.05, 0.1) is 17.6 Å². The van der Waals surface area contributed by atoms with Crippen molar-refractivity contribution in [1.82, 2.24) is 20.3 Å². The first-order valence-corrected chi connectivity index (χ1v) is 6.88. The van der Waals surface area contributed by atoms with E-state index in [1.807, 2.05) is 23.0 Å². The molecule has 0 amide bonds. The Morgan fingerprint density at radius 1 is 1.39 bits per heavy atom. The SMILES string of the molecule is CCCNCc1cn(-c2cc(Br)ccc2C)nn1. The van der Waals surface area contributed by atoms with Crippen LogP contribution in [0.25, 0.3) is 5.69 Å². The molecule has 5 heteroatoms. The van der Waals surface area contributed by atoms with Crippen LogP contribution in [-0.4, -0.2) is 21.5 Å². The van der Waals surface area contributed by atoms with Crippen LogP contribution in [0.1, 0.15) is 24.6 Å². The number of nitrogens with zero attached hydrogens (tertiary/aromatic N) is 3. The van der Waals surface area contributed by atoms with Gasteiger partial charge in [0.2, 0.25) is 0 Å². The van der Waals surface area contributed by atoms with Crippen molar-refractivity contribution < 1.29 is 0 Å². The highest BCUT2D eigenvalue weighted by atomic mass is 79.9. The maximum atomic E-state index is 4.17. The zero-order chi connectivity index (χ0) is 13.0. The van der Waals surface area contributed by atoms with E-state index in [0.29, 0.717) is 0 Å². The Morgan fingerprint density at radius 2 is 2.22 bits per heavy atom. The largest absolute Gasteiger partial charge is 0.311 e. The molecule has 1 aromatic carbocycles. The molecule has 0 aliphatic rings. The van der Waals surface area contributed by atoms with Gasteiger partial charge in [0.15, 0.2) is 0 Å². The molecule has 0 aliphatic heterocycles. The summed E-state index contributed by atoms with van der Waals surface area (Å²) < 4.78 is 2.87. The molecule has 0 bridgehead atoms. The number of aromatic nitrogens is 3. The normalized spacial score (nSPS) is 10.8. The molecule has 96 valence electrons. The maximum absolute atomic E-state index is 4.17. The number of benzene rings is 1.